The lowest BCUT2D eigenvalue weighted by Crippen LogP contribution is -2.19. The molecule has 1 unspecified atom stereocenters. The molecule has 2 heterocycles. The molecule has 0 saturated heterocycles. The van der Waals surface area contributed by atoms with E-state index in [1.165, 1.54) is 18.4 Å². The minimum atomic E-state index is -0.646. The van der Waals surface area contributed by atoms with E-state index in [0.29, 0.717) is 28.0 Å². The average molecular weight is 461 g/mol. The van der Waals surface area contributed by atoms with Gasteiger partial charge in [-0.15, -0.1) is 0 Å². The van der Waals surface area contributed by atoms with Crippen LogP contribution < -0.4 is 9.64 Å². The summed E-state index contributed by atoms with van der Waals surface area (Å²) in [6, 6.07) is 14.0. The van der Waals surface area contributed by atoms with Crippen molar-refractivity contribution < 1.29 is 18.6 Å². The topological polar surface area (TPSA) is 43.8 Å². The molecular weight excluding hydrogens is 442 g/mol. The summed E-state index contributed by atoms with van der Waals surface area (Å²) in [6.07, 6.45) is 2.52. The van der Waals surface area contributed by atoms with Gasteiger partial charge < -0.3 is 14.2 Å². The third kappa shape index (κ3) is 4.40. The van der Waals surface area contributed by atoms with E-state index in [2.05, 4.69) is 4.98 Å². The first-order valence-electron chi connectivity index (χ1n) is 9.52. The van der Waals surface area contributed by atoms with E-state index in [4.69, 9.17) is 37.4 Å². The SMILES string of the molecule is Cc1cccc(N(C2=COCO2)c2ncccc2OC(C)c2c(Cl)ccc(F)c2Cl)c1. The molecule has 0 N–H and O–H groups in total. The zero-order valence-corrected chi connectivity index (χ0v) is 18.3. The largest absolute Gasteiger partial charge is 0.482 e. The van der Waals surface area contributed by atoms with Gasteiger partial charge in [-0.3, -0.25) is 4.90 Å². The number of ether oxygens (including phenoxy) is 3. The normalized spacial score (nSPS) is 13.8. The molecule has 5 nitrogen and oxygen atoms in total. The standard InChI is InChI=1S/C23H19Cl2FN2O3/c1-14-5-3-6-16(11-14)28(20-12-29-13-30-20)23-19(7-4-10-27-23)31-15(2)21-17(24)8-9-18(26)22(21)25/h3-12,15H,13H2,1-2H3. The number of anilines is 2. The summed E-state index contributed by atoms with van der Waals surface area (Å²) < 4.78 is 31.1. The molecule has 1 aliphatic rings. The molecule has 160 valence electrons. The molecule has 8 heteroatoms. The fraction of sp³-hybridized carbons (Fsp3) is 0.174. The van der Waals surface area contributed by atoms with Gasteiger partial charge in [-0.2, -0.15) is 0 Å². The summed E-state index contributed by atoms with van der Waals surface area (Å²) in [7, 11) is 0. The number of aryl methyl sites for hydroxylation is 1. The first-order valence-corrected chi connectivity index (χ1v) is 10.3. The molecule has 1 aliphatic heterocycles. The van der Waals surface area contributed by atoms with Crippen molar-refractivity contribution in [1.82, 2.24) is 4.98 Å². The zero-order chi connectivity index (χ0) is 22.0. The number of hydrogen-bond acceptors (Lipinski definition) is 5. The highest BCUT2D eigenvalue weighted by Crippen LogP contribution is 2.40. The Morgan fingerprint density at radius 3 is 2.74 bits per heavy atom. The average Bonchev–Trinajstić information content (AvgIpc) is 3.27. The maximum Gasteiger partial charge on any atom is 0.238 e. The van der Waals surface area contributed by atoms with Gasteiger partial charge >= 0.3 is 0 Å². The number of rotatable bonds is 6. The number of aromatic nitrogens is 1. The molecule has 0 saturated carbocycles. The minimum Gasteiger partial charge on any atom is -0.482 e. The number of benzene rings is 2. The number of hydrogen-bond donors (Lipinski definition) is 0. The molecule has 0 bridgehead atoms. The van der Waals surface area contributed by atoms with Crippen molar-refractivity contribution >= 4 is 34.7 Å². The van der Waals surface area contributed by atoms with E-state index in [0.717, 1.165) is 11.3 Å². The summed E-state index contributed by atoms with van der Waals surface area (Å²) in [5.74, 6) is 0.805. The maximum absolute atomic E-state index is 14.0. The molecule has 31 heavy (non-hydrogen) atoms. The third-order valence-corrected chi connectivity index (χ3v) is 5.41. The fourth-order valence-corrected chi connectivity index (χ4v) is 3.96. The van der Waals surface area contributed by atoms with Crippen molar-refractivity contribution in [2.45, 2.75) is 20.0 Å². The Morgan fingerprint density at radius 1 is 1.16 bits per heavy atom. The Kier molecular flexibility index (Phi) is 6.20. The van der Waals surface area contributed by atoms with E-state index in [9.17, 15) is 4.39 Å². The van der Waals surface area contributed by atoms with Crippen molar-refractivity contribution in [3.05, 3.63) is 93.9 Å². The van der Waals surface area contributed by atoms with Gasteiger partial charge in [0.1, 0.15) is 18.2 Å². The van der Waals surface area contributed by atoms with Gasteiger partial charge in [0.05, 0.1) is 10.7 Å². The zero-order valence-electron chi connectivity index (χ0n) is 16.8. The molecule has 0 amide bonds. The van der Waals surface area contributed by atoms with Crippen LogP contribution in [0.5, 0.6) is 5.75 Å². The van der Waals surface area contributed by atoms with Gasteiger partial charge in [-0.25, -0.2) is 9.37 Å². The summed E-state index contributed by atoms with van der Waals surface area (Å²) in [6.45, 7) is 3.84. The second-order valence-electron chi connectivity index (χ2n) is 6.90. The monoisotopic (exact) mass is 460 g/mol. The van der Waals surface area contributed by atoms with Crippen LogP contribution in [0.3, 0.4) is 0 Å². The van der Waals surface area contributed by atoms with Crippen LogP contribution in [0.4, 0.5) is 15.9 Å². The lowest BCUT2D eigenvalue weighted by Gasteiger charge is -2.26. The van der Waals surface area contributed by atoms with Crippen LogP contribution >= 0.6 is 23.2 Å². The summed E-state index contributed by atoms with van der Waals surface area (Å²) in [4.78, 5) is 6.31. The van der Waals surface area contributed by atoms with E-state index < -0.39 is 11.9 Å². The highest BCUT2D eigenvalue weighted by Gasteiger charge is 2.26. The first kappa shape index (κ1) is 21.3. The van der Waals surface area contributed by atoms with Crippen LogP contribution in [-0.4, -0.2) is 11.8 Å². The molecule has 1 atom stereocenters. The highest BCUT2D eigenvalue weighted by molar-refractivity contribution is 6.36. The molecule has 3 aromatic rings. The summed E-state index contributed by atoms with van der Waals surface area (Å²) >= 11 is 12.4. The molecule has 2 aromatic carbocycles. The Balaban J connectivity index is 1.76. The molecule has 0 aliphatic carbocycles. The minimum absolute atomic E-state index is 0.0729. The van der Waals surface area contributed by atoms with Gasteiger partial charge in [0.15, 0.2) is 11.6 Å². The lowest BCUT2D eigenvalue weighted by molar-refractivity contribution is 0.0796. The molecule has 0 spiro atoms. The fourth-order valence-electron chi connectivity index (χ4n) is 3.28. The second kappa shape index (κ2) is 9.04. The van der Waals surface area contributed by atoms with Gasteiger partial charge in [-0.1, -0.05) is 35.3 Å². The molecule has 0 fully saturated rings. The Hall–Kier alpha value is -2.96. The molecule has 1 aromatic heterocycles. The number of halogens is 3. The second-order valence-corrected chi connectivity index (χ2v) is 7.69. The smallest absolute Gasteiger partial charge is 0.238 e. The lowest BCUT2D eigenvalue weighted by atomic mass is 10.1. The molecule has 4 rings (SSSR count). The maximum atomic E-state index is 14.0. The van der Waals surface area contributed by atoms with Crippen molar-refractivity contribution in [2.75, 3.05) is 11.7 Å². The first-order chi connectivity index (χ1) is 15.0. The Labute approximate surface area is 189 Å². The van der Waals surface area contributed by atoms with Gasteiger partial charge in [0, 0.05) is 16.8 Å². The third-order valence-electron chi connectivity index (χ3n) is 4.69. The predicted octanol–water partition coefficient (Wildman–Crippen LogP) is 6.92. The van der Waals surface area contributed by atoms with E-state index in [-0.39, 0.29) is 11.8 Å². The quantitative estimate of drug-likeness (QED) is 0.373. The van der Waals surface area contributed by atoms with Crippen LogP contribution in [-0.2, 0) is 9.47 Å². The summed E-state index contributed by atoms with van der Waals surface area (Å²) in [5, 5.41) is 0.242. The van der Waals surface area contributed by atoms with Gasteiger partial charge in [0.25, 0.3) is 0 Å². The van der Waals surface area contributed by atoms with Crippen LogP contribution in [0.25, 0.3) is 0 Å². The van der Waals surface area contributed by atoms with Crippen LogP contribution in [0, 0.1) is 12.7 Å². The van der Waals surface area contributed by atoms with Crippen LogP contribution in [0.15, 0.2) is 66.9 Å². The number of nitrogens with zero attached hydrogens (tertiary/aromatic N) is 2. The van der Waals surface area contributed by atoms with Crippen molar-refractivity contribution in [3.8, 4) is 5.75 Å². The van der Waals surface area contributed by atoms with Crippen molar-refractivity contribution in [2.24, 2.45) is 0 Å². The van der Waals surface area contributed by atoms with E-state index in [1.54, 1.807) is 30.2 Å². The highest BCUT2D eigenvalue weighted by atomic mass is 35.5. The number of pyridine rings is 1. The van der Waals surface area contributed by atoms with Crippen LogP contribution in [0.1, 0.15) is 24.2 Å². The van der Waals surface area contributed by atoms with E-state index >= 15 is 0 Å². The van der Waals surface area contributed by atoms with Crippen molar-refractivity contribution in [1.29, 1.82) is 0 Å². The Morgan fingerprint density at radius 2 is 2.00 bits per heavy atom. The molecular formula is C23H19Cl2FN2O3. The predicted molar refractivity (Wildman–Crippen MR) is 118 cm³/mol. The van der Waals surface area contributed by atoms with Gasteiger partial charge in [0.2, 0.25) is 12.7 Å². The summed E-state index contributed by atoms with van der Waals surface area (Å²) in [5.41, 5.74) is 2.24. The van der Waals surface area contributed by atoms with Crippen molar-refractivity contribution in [3.63, 3.8) is 0 Å². The van der Waals surface area contributed by atoms with Gasteiger partial charge in [-0.05, 0) is 55.8 Å². The molecule has 0 radical (unpaired) electrons. The Bertz CT molecular complexity index is 1140. The van der Waals surface area contributed by atoms with E-state index in [1.807, 2.05) is 31.2 Å². The van der Waals surface area contributed by atoms with Crippen LogP contribution in [0.2, 0.25) is 10.0 Å².